The minimum Gasteiger partial charge on any atom is -0.478 e. The Labute approximate surface area is 83.9 Å². The van der Waals surface area contributed by atoms with Gasteiger partial charge in [-0.2, -0.15) is 0 Å². The van der Waals surface area contributed by atoms with E-state index in [0.717, 1.165) is 12.2 Å². The van der Waals surface area contributed by atoms with Crippen LogP contribution in [0.4, 0.5) is 5.82 Å². The first-order valence-corrected chi connectivity index (χ1v) is 3.77. The van der Waals surface area contributed by atoms with Gasteiger partial charge in [0.05, 0.1) is 11.9 Å². The highest BCUT2D eigenvalue weighted by Gasteiger charge is 2.10. The Hall–Kier alpha value is -2.44. The molecule has 0 radical (unpaired) electrons. The zero-order valence-corrected chi connectivity index (χ0v) is 7.41. The maximum absolute atomic E-state index is 10.6. The number of carboxylic acids is 2. The summed E-state index contributed by atoms with van der Waals surface area (Å²) in [7, 11) is 0. The van der Waals surface area contributed by atoms with E-state index in [-0.39, 0.29) is 11.5 Å². The molecule has 0 aromatic carbocycles. The first-order valence-electron chi connectivity index (χ1n) is 3.77. The molecule has 0 atom stereocenters. The van der Waals surface area contributed by atoms with Crippen LogP contribution in [-0.4, -0.2) is 32.1 Å². The second-order valence-corrected chi connectivity index (χ2v) is 2.51. The molecule has 0 aliphatic rings. The molecule has 0 spiro atoms. The summed E-state index contributed by atoms with van der Waals surface area (Å²) in [5.74, 6) is -2.69. The fourth-order valence-corrected chi connectivity index (χ4v) is 0.806. The van der Waals surface area contributed by atoms with Crippen molar-refractivity contribution in [3.63, 3.8) is 0 Å². The molecule has 7 nitrogen and oxygen atoms in total. The summed E-state index contributed by atoms with van der Waals surface area (Å²) >= 11 is 0. The third kappa shape index (κ3) is 2.76. The summed E-state index contributed by atoms with van der Waals surface area (Å²) in [6.45, 7) is 0. The van der Waals surface area contributed by atoms with Gasteiger partial charge < -0.3 is 15.9 Å². The van der Waals surface area contributed by atoms with Crippen molar-refractivity contribution in [1.29, 1.82) is 0 Å². The van der Waals surface area contributed by atoms with Gasteiger partial charge in [-0.3, -0.25) is 0 Å². The van der Waals surface area contributed by atoms with Crippen molar-refractivity contribution >= 4 is 23.8 Å². The molecule has 0 aliphatic heterocycles. The molecule has 0 saturated carbocycles. The van der Waals surface area contributed by atoms with Crippen LogP contribution < -0.4 is 5.73 Å². The lowest BCUT2D eigenvalue weighted by Crippen LogP contribution is -2.08. The molecule has 1 heterocycles. The molecule has 7 heteroatoms. The molecule has 4 N–H and O–H groups in total. The zero-order valence-electron chi connectivity index (χ0n) is 7.41. The van der Waals surface area contributed by atoms with Crippen LogP contribution in [0.25, 0.3) is 6.08 Å². The van der Waals surface area contributed by atoms with Gasteiger partial charge in [0.2, 0.25) is 0 Å². The van der Waals surface area contributed by atoms with E-state index in [4.69, 9.17) is 15.9 Å². The third-order valence-electron chi connectivity index (χ3n) is 1.42. The van der Waals surface area contributed by atoms with Crippen LogP contribution in [0, 0.1) is 0 Å². The normalized spacial score (nSPS) is 10.4. The number of hydrogen-bond donors (Lipinski definition) is 3. The van der Waals surface area contributed by atoms with E-state index < -0.39 is 17.6 Å². The van der Waals surface area contributed by atoms with Gasteiger partial charge in [0.25, 0.3) is 0 Å². The standard InChI is InChI=1S/C8H7N3O4/c9-7-6(8(14)15)11-4(3-10-7)1-2-5(12)13/h1-3H,(H2,9,10)(H,12,13)(H,14,15). The van der Waals surface area contributed by atoms with Gasteiger partial charge in [-0.05, 0) is 6.08 Å². The van der Waals surface area contributed by atoms with Crippen LogP contribution in [0.5, 0.6) is 0 Å². The summed E-state index contributed by atoms with van der Waals surface area (Å²) in [4.78, 5) is 27.9. The maximum atomic E-state index is 10.6. The predicted octanol–water partition coefficient (Wildman–Crippen LogP) is -0.145. The molecule has 0 fully saturated rings. The Morgan fingerprint density at radius 3 is 2.60 bits per heavy atom. The molecular weight excluding hydrogens is 202 g/mol. The van der Waals surface area contributed by atoms with E-state index in [0.29, 0.717) is 0 Å². The molecule has 78 valence electrons. The van der Waals surface area contributed by atoms with Crippen molar-refractivity contribution in [3.8, 4) is 0 Å². The highest BCUT2D eigenvalue weighted by atomic mass is 16.4. The van der Waals surface area contributed by atoms with E-state index in [1.54, 1.807) is 0 Å². The molecular formula is C8H7N3O4. The second-order valence-electron chi connectivity index (χ2n) is 2.51. The van der Waals surface area contributed by atoms with Crippen LogP contribution in [0.2, 0.25) is 0 Å². The lowest BCUT2D eigenvalue weighted by molar-refractivity contribution is -0.131. The molecule has 15 heavy (non-hydrogen) atoms. The lowest BCUT2D eigenvalue weighted by Gasteiger charge is -1.99. The van der Waals surface area contributed by atoms with Crippen molar-refractivity contribution < 1.29 is 19.8 Å². The highest BCUT2D eigenvalue weighted by molar-refractivity contribution is 5.90. The molecule has 1 rings (SSSR count). The Balaban J connectivity index is 3.08. The summed E-state index contributed by atoms with van der Waals surface area (Å²) in [6.07, 6.45) is 3.13. The molecule has 0 bridgehead atoms. The number of nitrogens with two attached hydrogens (primary N) is 1. The van der Waals surface area contributed by atoms with Gasteiger partial charge >= 0.3 is 11.9 Å². The number of anilines is 1. The van der Waals surface area contributed by atoms with Crippen LogP contribution in [0.3, 0.4) is 0 Å². The number of aromatic nitrogens is 2. The van der Waals surface area contributed by atoms with Crippen molar-refractivity contribution in [2.75, 3.05) is 5.73 Å². The number of nitrogens with zero attached hydrogens (tertiary/aromatic N) is 2. The van der Waals surface area contributed by atoms with Crippen LogP contribution in [0.15, 0.2) is 12.3 Å². The largest absolute Gasteiger partial charge is 0.478 e. The van der Waals surface area contributed by atoms with Crippen LogP contribution in [-0.2, 0) is 4.79 Å². The predicted molar refractivity (Wildman–Crippen MR) is 50.1 cm³/mol. The number of carbonyl (C=O) groups is 2. The van der Waals surface area contributed by atoms with Crippen molar-refractivity contribution in [1.82, 2.24) is 9.97 Å². The molecule has 0 aliphatic carbocycles. The number of aliphatic carboxylic acids is 1. The van der Waals surface area contributed by atoms with Crippen LogP contribution in [0.1, 0.15) is 16.2 Å². The summed E-state index contributed by atoms with van der Waals surface area (Å²) < 4.78 is 0. The SMILES string of the molecule is Nc1ncc(C=CC(=O)O)nc1C(=O)O. The minimum atomic E-state index is -1.31. The fraction of sp³-hybridized carbons (Fsp3) is 0. The average Bonchev–Trinajstić information content (AvgIpc) is 2.16. The first kappa shape index (κ1) is 10.6. The lowest BCUT2D eigenvalue weighted by atomic mass is 10.3. The summed E-state index contributed by atoms with van der Waals surface area (Å²) in [6, 6.07) is 0. The summed E-state index contributed by atoms with van der Waals surface area (Å²) in [5, 5.41) is 17.0. The van der Waals surface area contributed by atoms with Gasteiger partial charge in [-0.15, -0.1) is 0 Å². The number of nitrogen functional groups attached to an aromatic ring is 1. The molecule has 1 aromatic rings. The Bertz CT molecular complexity index is 442. The zero-order chi connectivity index (χ0) is 11.4. The van der Waals surface area contributed by atoms with Gasteiger partial charge in [-0.1, -0.05) is 0 Å². The summed E-state index contributed by atoms with van der Waals surface area (Å²) in [5.41, 5.74) is 4.97. The third-order valence-corrected chi connectivity index (χ3v) is 1.42. The topological polar surface area (TPSA) is 126 Å². The fourth-order valence-electron chi connectivity index (χ4n) is 0.806. The van der Waals surface area contributed by atoms with Gasteiger partial charge in [-0.25, -0.2) is 19.6 Å². The Morgan fingerprint density at radius 1 is 1.40 bits per heavy atom. The number of aromatic carboxylic acids is 1. The first-order chi connectivity index (χ1) is 7.00. The van der Waals surface area contributed by atoms with Crippen molar-refractivity contribution in [3.05, 3.63) is 23.7 Å². The van der Waals surface area contributed by atoms with Crippen molar-refractivity contribution in [2.45, 2.75) is 0 Å². The monoisotopic (exact) mass is 209 g/mol. The van der Waals surface area contributed by atoms with Crippen molar-refractivity contribution in [2.24, 2.45) is 0 Å². The number of hydrogen-bond acceptors (Lipinski definition) is 5. The van der Waals surface area contributed by atoms with Gasteiger partial charge in [0, 0.05) is 6.08 Å². The smallest absolute Gasteiger partial charge is 0.358 e. The Kier molecular flexibility index (Phi) is 2.97. The van der Waals surface area contributed by atoms with E-state index in [1.807, 2.05) is 0 Å². The van der Waals surface area contributed by atoms with Gasteiger partial charge in [0.1, 0.15) is 0 Å². The number of rotatable bonds is 3. The molecule has 0 unspecified atom stereocenters. The second kappa shape index (κ2) is 4.18. The quantitative estimate of drug-likeness (QED) is 0.591. The molecule has 0 saturated heterocycles. The Morgan fingerprint density at radius 2 is 2.07 bits per heavy atom. The molecule has 1 aromatic heterocycles. The maximum Gasteiger partial charge on any atom is 0.358 e. The minimum absolute atomic E-state index is 0.115. The van der Waals surface area contributed by atoms with E-state index >= 15 is 0 Å². The van der Waals surface area contributed by atoms with Gasteiger partial charge in [0.15, 0.2) is 11.5 Å². The highest BCUT2D eigenvalue weighted by Crippen LogP contribution is 2.06. The van der Waals surface area contributed by atoms with E-state index in [9.17, 15) is 9.59 Å². The van der Waals surface area contributed by atoms with E-state index in [1.165, 1.54) is 6.20 Å². The van der Waals surface area contributed by atoms with Crippen LogP contribution >= 0.6 is 0 Å². The molecule has 0 amide bonds. The van der Waals surface area contributed by atoms with E-state index in [2.05, 4.69) is 9.97 Å². The average molecular weight is 209 g/mol. The number of carboxylic acid groups (broad SMARTS) is 2.